The van der Waals surface area contributed by atoms with Gasteiger partial charge in [0.05, 0.1) is 6.67 Å². The lowest BCUT2D eigenvalue weighted by atomic mass is 9.88. The predicted molar refractivity (Wildman–Crippen MR) is 44.3 cm³/mol. The molecule has 0 aliphatic rings. The van der Waals surface area contributed by atoms with Crippen LogP contribution in [-0.4, -0.2) is 12.5 Å². The summed E-state index contributed by atoms with van der Waals surface area (Å²) in [6, 6.07) is 0. The third-order valence-electron chi connectivity index (χ3n) is 1.62. The molecule has 0 spiro atoms. The van der Waals surface area contributed by atoms with E-state index < -0.39 is 0 Å². The minimum Gasteiger partial charge on any atom is -0.299 e. The van der Waals surface area contributed by atoms with Crippen LogP contribution in [0.3, 0.4) is 0 Å². The quantitative estimate of drug-likeness (QED) is 0.578. The van der Waals surface area contributed by atoms with Crippen molar-refractivity contribution in [3.05, 3.63) is 0 Å². The number of halogens is 1. The maximum Gasteiger partial charge on any atom is 0.138 e. The molecule has 1 nitrogen and oxygen atoms in total. The van der Waals surface area contributed by atoms with E-state index in [0.29, 0.717) is 19.3 Å². The summed E-state index contributed by atoms with van der Waals surface area (Å²) in [5, 5.41) is 0. The van der Waals surface area contributed by atoms with Crippen molar-refractivity contribution in [2.45, 2.75) is 40.0 Å². The Bertz CT molecular complexity index is 124. The summed E-state index contributed by atoms with van der Waals surface area (Å²) in [7, 11) is 0. The molecule has 11 heavy (non-hydrogen) atoms. The second-order valence-electron chi connectivity index (χ2n) is 3.82. The number of hydrogen-bond acceptors (Lipinski definition) is 1. The maximum absolute atomic E-state index is 11.6. The van der Waals surface area contributed by atoms with Gasteiger partial charge in [-0.05, 0) is 12.8 Å². The highest BCUT2D eigenvalue weighted by Gasteiger charge is 2.19. The van der Waals surface area contributed by atoms with Crippen molar-refractivity contribution in [1.82, 2.24) is 0 Å². The summed E-state index contributed by atoms with van der Waals surface area (Å²) in [6.45, 7) is 5.37. The molecule has 0 atom stereocenters. The number of hydrogen-bond donors (Lipinski definition) is 0. The van der Waals surface area contributed by atoms with Gasteiger partial charge in [0.25, 0.3) is 0 Å². The Hall–Kier alpha value is -0.400. The van der Waals surface area contributed by atoms with Crippen molar-refractivity contribution in [2.75, 3.05) is 6.67 Å². The Kier molecular flexibility index (Phi) is 4.31. The zero-order valence-electron chi connectivity index (χ0n) is 7.61. The standard InChI is InChI=1S/C9H17FO/c1-9(2,3)8(11)6-4-5-7-10/h4-7H2,1-3H3. The van der Waals surface area contributed by atoms with Crippen molar-refractivity contribution in [2.24, 2.45) is 5.41 Å². The number of ketones is 1. The van der Waals surface area contributed by atoms with Crippen molar-refractivity contribution in [1.29, 1.82) is 0 Å². The molecule has 66 valence electrons. The lowest BCUT2D eigenvalue weighted by Crippen LogP contribution is -2.19. The van der Waals surface area contributed by atoms with E-state index in [9.17, 15) is 9.18 Å². The first-order chi connectivity index (χ1) is 4.98. The number of alkyl halides is 1. The van der Waals surface area contributed by atoms with E-state index in [1.54, 1.807) is 0 Å². The Morgan fingerprint density at radius 2 is 1.82 bits per heavy atom. The van der Waals surface area contributed by atoms with Crippen molar-refractivity contribution in [3.8, 4) is 0 Å². The molecule has 0 amide bonds. The van der Waals surface area contributed by atoms with Crippen molar-refractivity contribution >= 4 is 5.78 Å². The van der Waals surface area contributed by atoms with Crippen molar-refractivity contribution < 1.29 is 9.18 Å². The lowest BCUT2D eigenvalue weighted by molar-refractivity contribution is -0.126. The normalized spacial score (nSPS) is 11.6. The average Bonchev–Trinajstić information content (AvgIpc) is 1.86. The van der Waals surface area contributed by atoms with Gasteiger partial charge in [-0.25, -0.2) is 0 Å². The molecule has 0 radical (unpaired) electrons. The topological polar surface area (TPSA) is 17.1 Å². The molecule has 0 rings (SSSR count). The van der Waals surface area contributed by atoms with Gasteiger partial charge in [-0.1, -0.05) is 20.8 Å². The monoisotopic (exact) mass is 160 g/mol. The molecule has 0 heterocycles. The van der Waals surface area contributed by atoms with Crippen LogP contribution in [0.1, 0.15) is 40.0 Å². The van der Waals surface area contributed by atoms with Crippen LogP contribution in [-0.2, 0) is 4.79 Å². The second-order valence-corrected chi connectivity index (χ2v) is 3.82. The molecule has 2 heteroatoms. The molecule has 0 fully saturated rings. The molecular formula is C9H17FO. The SMILES string of the molecule is CC(C)(C)C(=O)CCCCF. The van der Waals surface area contributed by atoms with Crippen LogP contribution in [0.2, 0.25) is 0 Å². The van der Waals surface area contributed by atoms with Crippen LogP contribution < -0.4 is 0 Å². The molecular weight excluding hydrogens is 143 g/mol. The molecule has 0 aromatic rings. The Morgan fingerprint density at radius 1 is 1.27 bits per heavy atom. The summed E-state index contributed by atoms with van der Waals surface area (Å²) in [4.78, 5) is 11.2. The average molecular weight is 160 g/mol. The predicted octanol–water partition coefficient (Wildman–Crippen LogP) is 2.74. The van der Waals surface area contributed by atoms with E-state index >= 15 is 0 Å². The third kappa shape index (κ3) is 4.93. The highest BCUT2D eigenvalue weighted by atomic mass is 19.1. The van der Waals surface area contributed by atoms with Crippen LogP contribution in [0, 0.1) is 5.41 Å². The first kappa shape index (κ1) is 10.6. The van der Waals surface area contributed by atoms with Crippen LogP contribution in [0.5, 0.6) is 0 Å². The van der Waals surface area contributed by atoms with Gasteiger partial charge in [0.2, 0.25) is 0 Å². The first-order valence-corrected chi connectivity index (χ1v) is 4.07. The largest absolute Gasteiger partial charge is 0.299 e. The number of carbonyl (C=O) groups is 1. The second kappa shape index (κ2) is 4.47. The highest BCUT2D eigenvalue weighted by molar-refractivity contribution is 5.83. The van der Waals surface area contributed by atoms with Gasteiger partial charge in [0.15, 0.2) is 0 Å². The van der Waals surface area contributed by atoms with Gasteiger partial charge in [-0.2, -0.15) is 0 Å². The van der Waals surface area contributed by atoms with Gasteiger partial charge in [-0.3, -0.25) is 9.18 Å². The van der Waals surface area contributed by atoms with E-state index in [0.717, 1.165) is 0 Å². The lowest BCUT2D eigenvalue weighted by Gasteiger charge is -2.15. The Labute approximate surface area is 68.0 Å². The third-order valence-corrected chi connectivity index (χ3v) is 1.62. The van der Waals surface area contributed by atoms with E-state index in [1.807, 2.05) is 20.8 Å². The fraction of sp³-hybridized carbons (Fsp3) is 0.889. The van der Waals surface area contributed by atoms with E-state index in [-0.39, 0.29) is 17.9 Å². The molecule has 0 aromatic heterocycles. The van der Waals surface area contributed by atoms with Gasteiger partial charge in [0.1, 0.15) is 5.78 Å². The summed E-state index contributed by atoms with van der Waals surface area (Å²) in [5.74, 6) is 0.228. The van der Waals surface area contributed by atoms with Gasteiger partial charge in [0, 0.05) is 11.8 Å². The molecule has 0 aliphatic heterocycles. The van der Waals surface area contributed by atoms with E-state index in [2.05, 4.69) is 0 Å². The molecule has 0 saturated carbocycles. The summed E-state index contributed by atoms with van der Waals surface area (Å²) >= 11 is 0. The summed E-state index contributed by atoms with van der Waals surface area (Å²) < 4.78 is 11.6. The van der Waals surface area contributed by atoms with Crippen LogP contribution in [0.15, 0.2) is 0 Å². The van der Waals surface area contributed by atoms with E-state index in [4.69, 9.17) is 0 Å². The zero-order valence-corrected chi connectivity index (χ0v) is 7.61. The maximum atomic E-state index is 11.6. The molecule has 0 aromatic carbocycles. The molecule has 0 N–H and O–H groups in total. The zero-order chi connectivity index (χ0) is 8.91. The smallest absolute Gasteiger partial charge is 0.138 e. The highest BCUT2D eigenvalue weighted by Crippen LogP contribution is 2.17. The van der Waals surface area contributed by atoms with Crippen molar-refractivity contribution in [3.63, 3.8) is 0 Å². The minimum absolute atomic E-state index is 0.228. The van der Waals surface area contributed by atoms with Gasteiger partial charge in [-0.15, -0.1) is 0 Å². The molecule has 0 aliphatic carbocycles. The van der Waals surface area contributed by atoms with Crippen LogP contribution in [0.4, 0.5) is 4.39 Å². The number of unbranched alkanes of at least 4 members (excludes halogenated alkanes) is 1. The van der Waals surface area contributed by atoms with Crippen LogP contribution in [0.25, 0.3) is 0 Å². The number of carbonyl (C=O) groups excluding carboxylic acids is 1. The fourth-order valence-electron chi connectivity index (χ4n) is 0.755. The van der Waals surface area contributed by atoms with Gasteiger partial charge < -0.3 is 0 Å². The molecule has 0 bridgehead atoms. The number of rotatable bonds is 4. The Morgan fingerprint density at radius 3 is 2.18 bits per heavy atom. The summed E-state index contributed by atoms with van der Waals surface area (Å²) in [6.07, 6.45) is 1.72. The fourth-order valence-corrected chi connectivity index (χ4v) is 0.755. The van der Waals surface area contributed by atoms with Crippen LogP contribution >= 0.6 is 0 Å². The van der Waals surface area contributed by atoms with E-state index in [1.165, 1.54) is 0 Å². The first-order valence-electron chi connectivity index (χ1n) is 4.07. The summed E-state index contributed by atoms with van der Waals surface area (Å²) in [5.41, 5.74) is -0.254. The molecule has 0 unspecified atom stereocenters. The van der Waals surface area contributed by atoms with Gasteiger partial charge >= 0.3 is 0 Å². The Balaban J connectivity index is 3.54. The minimum atomic E-state index is -0.308. The number of Topliss-reactive ketones (excluding diaryl/α,β-unsaturated/α-hetero) is 1. The molecule has 0 saturated heterocycles.